The summed E-state index contributed by atoms with van der Waals surface area (Å²) in [5, 5.41) is 0. The molecule has 3 aliphatic carbocycles. The Morgan fingerprint density at radius 3 is 1.58 bits per heavy atom. The number of fused-ring (bicyclic) bond motifs is 1. The van der Waals surface area contributed by atoms with Crippen molar-refractivity contribution in [1.29, 1.82) is 0 Å². The van der Waals surface area contributed by atoms with E-state index in [0.29, 0.717) is 11.8 Å². The monoisotopic (exact) mass is 559 g/mol. The van der Waals surface area contributed by atoms with Crippen LogP contribution in [-0.2, 0) is 7.05 Å². The van der Waals surface area contributed by atoms with Crippen LogP contribution in [0.1, 0.15) is 101 Å². The van der Waals surface area contributed by atoms with Gasteiger partial charge >= 0.3 is 0 Å². The zero-order valence-electron chi connectivity index (χ0n) is 26.0. The maximum Gasteiger partial charge on any atom is 0.295 e. The second-order valence-corrected chi connectivity index (χ2v) is 13.2. The number of nitrogens with zero attached hydrogens (tertiary/aromatic N) is 2. The van der Waals surface area contributed by atoms with Gasteiger partial charge in [0.25, 0.3) is 5.82 Å². The average molecular weight is 560 g/mol. The van der Waals surface area contributed by atoms with Gasteiger partial charge in [0.15, 0.2) is 11.0 Å². The Kier molecular flexibility index (Phi) is 5.82. The van der Waals surface area contributed by atoms with E-state index in [-0.39, 0.29) is 11.8 Å². The van der Waals surface area contributed by atoms with Gasteiger partial charge in [0.1, 0.15) is 5.69 Å². The molecule has 0 aliphatic heterocycles. The van der Waals surface area contributed by atoms with Gasteiger partial charge in [-0.2, -0.15) is 4.57 Å². The Morgan fingerprint density at radius 2 is 1.07 bits per heavy atom. The molecule has 43 heavy (non-hydrogen) atoms. The Labute approximate surface area is 255 Å². The van der Waals surface area contributed by atoms with E-state index in [0.717, 1.165) is 0 Å². The highest BCUT2D eigenvalue weighted by molar-refractivity contribution is 5.85. The first-order chi connectivity index (χ1) is 20.9. The highest BCUT2D eigenvalue weighted by atomic mass is 15.2. The van der Waals surface area contributed by atoms with Gasteiger partial charge in [-0.15, -0.1) is 0 Å². The molecule has 0 atom stereocenters. The molecule has 0 radical (unpaired) electrons. The van der Waals surface area contributed by atoms with E-state index in [9.17, 15) is 0 Å². The van der Waals surface area contributed by atoms with E-state index in [2.05, 4.69) is 154 Å². The van der Waals surface area contributed by atoms with Gasteiger partial charge in [-0.3, -0.25) is 0 Å². The van der Waals surface area contributed by atoms with Crippen LogP contribution in [0.2, 0.25) is 0 Å². The molecule has 2 nitrogen and oxygen atoms in total. The van der Waals surface area contributed by atoms with Crippen molar-refractivity contribution in [2.75, 3.05) is 0 Å². The van der Waals surface area contributed by atoms with Gasteiger partial charge in [-0.05, 0) is 75.9 Å². The summed E-state index contributed by atoms with van der Waals surface area (Å²) in [6.07, 6.45) is 0. The van der Waals surface area contributed by atoms with Gasteiger partial charge in [0.05, 0.1) is 12.6 Å². The first-order valence-corrected chi connectivity index (χ1v) is 15.8. The summed E-state index contributed by atoms with van der Waals surface area (Å²) in [6, 6.07) is 39.2. The molecule has 2 bridgehead atoms. The van der Waals surface area contributed by atoms with Gasteiger partial charge < -0.3 is 0 Å². The largest absolute Gasteiger partial charge is 0.295 e. The van der Waals surface area contributed by atoms with E-state index in [4.69, 9.17) is 0 Å². The van der Waals surface area contributed by atoms with Crippen molar-refractivity contribution < 1.29 is 4.57 Å². The lowest BCUT2D eigenvalue weighted by atomic mass is 9.61. The number of aromatic nitrogens is 2. The molecule has 0 fully saturated rings. The number of para-hydroxylation sites is 1. The van der Waals surface area contributed by atoms with E-state index in [1.54, 1.807) is 0 Å². The second kappa shape index (κ2) is 9.54. The summed E-state index contributed by atoms with van der Waals surface area (Å²) in [6.45, 7) is 11.6. The zero-order chi connectivity index (χ0) is 29.6. The van der Waals surface area contributed by atoms with Crippen LogP contribution in [0, 0.1) is 6.92 Å². The summed E-state index contributed by atoms with van der Waals surface area (Å²) in [7, 11) is 2.27. The summed E-state index contributed by atoms with van der Waals surface area (Å²) in [4.78, 5) is 0. The number of hydrogen-bond donors (Lipinski definition) is 0. The predicted octanol–water partition coefficient (Wildman–Crippen LogP) is 9.66. The average Bonchev–Trinajstić information content (AvgIpc) is 3.30. The fourth-order valence-electron chi connectivity index (χ4n) is 8.13. The Bertz CT molecular complexity index is 2000. The Morgan fingerprint density at radius 1 is 0.581 bits per heavy atom. The first-order valence-electron chi connectivity index (χ1n) is 15.8. The molecule has 9 rings (SSSR count). The fourth-order valence-corrected chi connectivity index (χ4v) is 8.13. The van der Waals surface area contributed by atoms with Gasteiger partial charge in [0, 0.05) is 23.0 Å². The Balaban J connectivity index is 1.53. The molecule has 3 aliphatic rings. The van der Waals surface area contributed by atoms with Crippen molar-refractivity contribution in [3.8, 4) is 17.1 Å². The van der Waals surface area contributed by atoms with Gasteiger partial charge in [0.2, 0.25) is 0 Å². The topological polar surface area (TPSA) is 8.81 Å². The molecule has 0 saturated carbocycles. The molecule has 0 spiro atoms. The quantitative estimate of drug-likeness (QED) is 0.190. The van der Waals surface area contributed by atoms with E-state index >= 15 is 0 Å². The van der Waals surface area contributed by atoms with Crippen LogP contribution in [0.3, 0.4) is 0 Å². The summed E-state index contributed by atoms with van der Waals surface area (Å²) < 4.78 is 5.07. The van der Waals surface area contributed by atoms with Crippen LogP contribution in [-0.4, -0.2) is 4.57 Å². The molecule has 5 aromatic carbocycles. The van der Waals surface area contributed by atoms with Crippen LogP contribution in [0.25, 0.3) is 28.1 Å². The predicted molar refractivity (Wildman–Crippen MR) is 178 cm³/mol. The van der Waals surface area contributed by atoms with Crippen LogP contribution < -0.4 is 4.57 Å². The number of imidazole rings is 1. The molecule has 1 heterocycles. The van der Waals surface area contributed by atoms with E-state index in [1.807, 2.05) is 0 Å². The lowest BCUT2D eigenvalue weighted by molar-refractivity contribution is -0.633. The van der Waals surface area contributed by atoms with Crippen molar-refractivity contribution >= 4 is 11.0 Å². The van der Waals surface area contributed by atoms with Crippen LogP contribution in [0.4, 0.5) is 0 Å². The smallest absolute Gasteiger partial charge is 0.225 e. The third-order valence-electron chi connectivity index (χ3n) is 10.1. The summed E-state index contributed by atoms with van der Waals surface area (Å²) >= 11 is 0. The molecule has 0 unspecified atom stereocenters. The van der Waals surface area contributed by atoms with Crippen molar-refractivity contribution in [2.45, 2.75) is 58.3 Å². The fraction of sp³-hybridized carbons (Fsp3) is 0.244. The minimum Gasteiger partial charge on any atom is -0.225 e. The van der Waals surface area contributed by atoms with Crippen LogP contribution in [0.5, 0.6) is 0 Å². The number of hydrogen-bond acceptors (Lipinski definition) is 0. The van der Waals surface area contributed by atoms with Crippen LogP contribution in [0.15, 0.2) is 103 Å². The third-order valence-corrected chi connectivity index (χ3v) is 10.1. The lowest BCUT2D eigenvalue weighted by Gasteiger charge is -2.41. The second-order valence-electron chi connectivity index (χ2n) is 13.2. The SMILES string of the molecule is Cc1ccccc1-c1n(-c2c(C(C)C)cccc2C(C)C)c2cc3c(cc2[n+]1C)C1c2ccccc2C3c2ccccc21. The maximum absolute atomic E-state index is 2.61. The Hall–Kier alpha value is -4.43. The van der Waals surface area contributed by atoms with Crippen molar-refractivity contribution in [1.82, 2.24) is 4.57 Å². The van der Waals surface area contributed by atoms with Gasteiger partial charge in [-0.25, -0.2) is 4.57 Å². The first kappa shape index (κ1) is 26.2. The van der Waals surface area contributed by atoms with Crippen molar-refractivity contribution in [3.05, 3.63) is 153 Å². The van der Waals surface area contributed by atoms with Crippen molar-refractivity contribution in [2.24, 2.45) is 7.05 Å². The van der Waals surface area contributed by atoms with Gasteiger partial charge in [-0.1, -0.05) is 113 Å². The summed E-state index contributed by atoms with van der Waals surface area (Å²) in [5.74, 6) is 2.54. The third kappa shape index (κ3) is 3.62. The van der Waals surface area contributed by atoms with E-state index < -0.39 is 0 Å². The molecule has 0 saturated heterocycles. The molecular weight excluding hydrogens is 520 g/mol. The number of benzene rings is 5. The molecule has 0 N–H and O–H groups in total. The van der Waals surface area contributed by atoms with E-state index in [1.165, 1.54) is 78.2 Å². The molecule has 6 aromatic rings. The minimum absolute atomic E-state index is 0.247. The maximum atomic E-state index is 2.61. The molecule has 2 heteroatoms. The zero-order valence-corrected chi connectivity index (χ0v) is 26.0. The number of rotatable bonds is 4. The highest BCUT2D eigenvalue weighted by Crippen LogP contribution is 2.56. The van der Waals surface area contributed by atoms with Crippen molar-refractivity contribution in [3.63, 3.8) is 0 Å². The normalized spacial score (nSPS) is 16.6. The molecular formula is C41H39N2+. The molecule has 212 valence electrons. The van der Waals surface area contributed by atoms with Crippen LogP contribution >= 0.6 is 0 Å². The molecule has 0 amide bonds. The molecule has 1 aromatic heterocycles. The summed E-state index contributed by atoms with van der Waals surface area (Å²) in [5.41, 5.74) is 18.1. The highest BCUT2D eigenvalue weighted by Gasteiger charge is 2.43. The lowest BCUT2D eigenvalue weighted by Crippen LogP contribution is -2.31. The standard InChI is InChI=1S/C41H39N2/c1-24(2)27-20-13-21-28(25(3)4)40(27)43-37-23-35-34(22-36(37)42(6)41(43)29-15-8-7-14-26(29)5)38-30-16-9-11-18-32(30)39(35)33-19-12-10-17-31(33)38/h7-25,38-39H,1-6H3/q+1. The number of aryl methyl sites for hydroxylation is 2. The minimum atomic E-state index is 0.247.